The molecular formula is C23H21N3O4. The molecule has 0 bridgehead atoms. The van der Waals surface area contributed by atoms with Crippen molar-refractivity contribution in [3.8, 4) is 5.75 Å². The van der Waals surface area contributed by atoms with Crippen LogP contribution in [0, 0.1) is 6.92 Å². The second-order valence-electron chi connectivity index (χ2n) is 7.04. The highest BCUT2D eigenvalue weighted by molar-refractivity contribution is 6.03. The molecule has 1 aliphatic rings. The number of ether oxygens (including phenoxy) is 1. The largest absolute Gasteiger partial charge is 0.483 e. The van der Waals surface area contributed by atoms with Crippen molar-refractivity contribution in [1.29, 1.82) is 0 Å². The van der Waals surface area contributed by atoms with Crippen LogP contribution in [0.3, 0.4) is 0 Å². The first kappa shape index (κ1) is 19.4. The Hall–Kier alpha value is -3.87. The standard InChI is InChI=1S/C23H21N3O4/c1-15-8-10-16(11-9-15)18-13-19(21-7-4-12-29-21)26(25-18)22(27)14-30-20-6-3-2-5-17(20)23(24)28/h2-12,19H,13-14H2,1H3,(H2,24,28). The van der Waals surface area contributed by atoms with Crippen molar-refractivity contribution < 1.29 is 18.7 Å². The molecule has 2 aromatic carbocycles. The van der Waals surface area contributed by atoms with Crippen molar-refractivity contribution in [3.05, 3.63) is 89.4 Å². The first-order chi connectivity index (χ1) is 14.5. The molecule has 3 aromatic rings. The fourth-order valence-electron chi connectivity index (χ4n) is 3.36. The van der Waals surface area contributed by atoms with Gasteiger partial charge in [-0.3, -0.25) is 9.59 Å². The summed E-state index contributed by atoms with van der Waals surface area (Å²) in [5.74, 6) is -0.0632. The number of hydrogen-bond donors (Lipinski definition) is 1. The van der Waals surface area contributed by atoms with Crippen LogP contribution in [0.4, 0.5) is 0 Å². The number of carbonyl (C=O) groups excluding carboxylic acids is 2. The van der Waals surface area contributed by atoms with E-state index in [2.05, 4.69) is 5.10 Å². The molecule has 1 unspecified atom stereocenters. The minimum Gasteiger partial charge on any atom is -0.483 e. The highest BCUT2D eigenvalue weighted by Gasteiger charge is 2.35. The number of furan rings is 1. The third-order valence-electron chi connectivity index (χ3n) is 4.93. The summed E-state index contributed by atoms with van der Waals surface area (Å²) in [6.45, 7) is 1.73. The molecule has 1 aromatic heterocycles. The summed E-state index contributed by atoms with van der Waals surface area (Å²) in [4.78, 5) is 24.5. The Bertz CT molecular complexity index is 1090. The summed E-state index contributed by atoms with van der Waals surface area (Å²) >= 11 is 0. The predicted octanol–water partition coefficient (Wildman–Crippen LogP) is 3.44. The number of nitrogens with zero attached hydrogens (tertiary/aromatic N) is 2. The lowest BCUT2D eigenvalue weighted by molar-refractivity contribution is -0.135. The third-order valence-corrected chi connectivity index (χ3v) is 4.93. The fourth-order valence-corrected chi connectivity index (χ4v) is 3.36. The van der Waals surface area contributed by atoms with Crippen molar-refractivity contribution in [2.45, 2.75) is 19.4 Å². The zero-order valence-corrected chi connectivity index (χ0v) is 16.4. The highest BCUT2D eigenvalue weighted by Crippen LogP contribution is 2.33. The lowest BCUT2D eigenvalue weighted by Gasteiger charge is -2.20. The van der Waals surface area contributed by atoms with Crippen molar-refractivity contribution in [3.63, 3.8) is 0 Å². The molecule has 0 aliphatic carbocycles. The zero-order valence-electron chi connectivity index (χ0n) is 16.4. The zero-order chi connectivity index (χ0) is 21.1. The van der Waals surface area contributed by atoms with Crippen LogP contribution in [0.25, 0.3) is 0 Å². The molecule has 0 radical (unpaired) electrons. The molecule has 0 saturated heterocycles. The van der Waals surface area contributed by atoms with Crippen LogP contribution in [0.2, 0.25) is 0 Å². The maximum Gasteiger partial charge on any atom is 0.281 e. The van der Waals surface area contributed by atoms with Crippen LogP contribution < -0.4 is 10.5 Å². The van der Waals surface area contributed by atoms with E-state index in [0.717, 1.165) is 16.8 Å². The van der Waals surface area contributed by atoms with E-state index in [9.17, 15) is 9.59 Å². The summed E-state index contributed by atoms with van der Waals surface area (Å²) in [5, 5.41) is 5.95. The van der Waals surface area contributed by atoms with Crippen molar-refractivity contribution in [1.82, 2.24) is 5.01 Å². The second kappa shape index (κ2) is 8.24. The molecule has 0 saturated carbocycles. The topological polar surface area (TPSA) is 98.1 Å². The molecule has 4 rings (SSSR count). The second-order valence-corrected chi connectivity index (χ2v) is 7.04. The normalized spacial score (nSPS) is 15.7. The average molecular weight is 403 g/mol. The van der Waals surface area contributed by atoms with Gasteiger partial charge in [-0.05, 0) is 36.8 Å². The van der Waals surface area contributed by atoms with Gasteiger partial charge in [-0.1, -0.05) is 42.0 Å². The van der Waals surface area contributed by atoms with Gasteiger partial charge in [0, 0.05) is 6.42 Å². The first-order valence-electron chi connectivity index (χ1n) is 9.54. The van der Waals surface area contributed by atoms with E-state index in [-0.39, 0.29) is 29.9 Å². The number of benzene rings is 2. The van der Waals surface area contributed by atoms with Gasteiger partial charge < -0.3 is 14.9 Å². The molecule has 1 atom stereocenters. The number of carbonyl (C=O) groups is 2. The molecule has 152 valence electrons. The van der Waals surface area contributed by atoms with Gasteiger partial charge in [0.2, 0.25) is 0 Å². The molecule has 2 heterocycles. The van der Waals surface area contributed by atoms with Crippen LogP contribution in [0.5, 0.6) is 5.75 Å². The van der Waals surface area contributed by atoms with Gasteiger partial charge in [0.15, 0.2) is 6.61 Å². The van der Waals surface area contributed by atoms with Crippen LogP contribution in [0.15, 0.2) is 76.4 Å². The Labute approximate surface area is 173 Å². The van der Waals surface area contributed by atoms with Crippen LogP contribution in [-0.4, -0.2) is 29.1 Å². The summed E-state index contributed by atoms with van der Waals surface area (Å²) < 4.78 is 11.1. The van der Waals surface area contributed by atoms with Gasteiger partial charge in [-0.15, -0.1) is 0 Å². The average Bonchev–Trinajstić information content (AvgIpc) is 3.42. The van der Waals surface area contributed by atoms with Gasteiger partial charge in [0.05, 0.1) is 17.5 Å². The molecule has 2 amide bonds. The van der Waals surface area contributed by atoms with E-state index < -0.39 is 5.91 Å². The lowest BCUT2D eigenvalue weighted by Crippen LogP contribution is -2.31. The maximum atomic E-state index is 13.0. The van der Waals surface area contributed by atoms with E-state index >= 15 is 0 Å². The van der Waals surface area contributed by atoms with E-state index in [0.29, 0.717) is 12.2 Å². The van der Waals surface area contributed by atoms with E-state index in [4.69, 9.17) is 14.9 Å². The molecule has 2 N–H and O–H groups in total. The van der Waals surface area contributed by atoms with Crippen LogP contribution in [0.1, 0.15) is 39.7 Å². The van der Waals surface area contributed by atoms with Gasteiger partial charge in [0.25, 0.3) is 11.8 Å². The Morgan fingerprint density at radius 1 is 1.13 bits per heavy atom. The van der Waals surface area contributed by atoms with Gasteiger partial charge >= 0.3 is 0 Å². The predicted molar refractivity (Wildman–Crippen MR) is 111 cm³/mol. The molecule has 7 heteroatoms. The highest BCUT2D eigenvalue weighted by atomic mass is 16.5. The fraction of sp³-hybridized carbons (Fsp3) is 0.174. The van der Waals surface area contributed by atoms with Crippen molar-refractivity contribution >= 4 is 17.5 Å². The number of rotatable bonds is 6. The van der Waals surface area contributed by atoms with Gasteiger partial charge in [0.1, 0.15) is 17.6 Å². The summed E-state index contributed by atoms with van der Waals surface area (Å²) in [6, 6.07) is 17.8. The summed E-state index contributed by atoms with van der Waals surface area (Å²) in [7, 11) is 0. The Morgan fingerprint density at radius 2 is 1.90 bits per heavy atom. The lowest BCUT2D eigenvalue weighted by atomic mass is 10.0. The van der Waals surface area contributed by atoms with Crippen LogP contribution in [-0.2, 0) is 4.79 Å². The third kappa shape index (κ3) is 3.96. The SMILES string of the molecule is Cc1ccc(C2=NN(C(=O)COc3ccccc3C(N)=O)C(c3ccco3)C2)cc1. The number of amides is 2. The smallest absolute Gasteiger partial charge is 0.281 e. The number of nitrogens with two attached hydrogens (primary N) is 1. The van der Waals surface area contributed by atoms with Crippen molar-refractivity contribution in [2.75, 3.05) is 6.61 Å². The molecular weight excluding hydrogens is 382 g/mol. The number of hydrazone groups is 1. The molecule has 0 fully saturated rings. The molecule has 7 nitrogen and oxygen atoms in total. The Morgan fingerprint density at radius 3 is 2.60 bits per heavy atom. The maximum absolute atomic E-state index is 13.0. The van der Waals surface area contributed by atoms with E-state index in [1.54, 1.807) is 36.6 Å². The van der Waals surface area contributed by atoms with Crippen molar-refractivity contribution in [2.24, 2.45) is 10.8 Å². The van der Waals surface area contributed by atoms with E-state index in [1.165, 1.54) is 5.01 Å². The first-order valence-corrected chi connectivity index (χ1v) is 9.54. The molecule has 0 spiro atoms. The number of hydrogen-bond acceptors (Lipinski definition) is 5. The minimum atomic E-state index is -0.618. The van der Waals surface area contributed by atoms with Gasteiger partial charge in [-0.25, -0.2) is 5.01 Å². The number of para-hydroxylation sites is 1. The number of aryl methyl sites for hydroxylation is 1. The number of primary amides is 1. The quantitative estimate of drug-likeness (QED) is 0.682. The minimum absolute atomic E-state index is 0.221. The van der Waals surface area contributed by atoms with Crippen LogP contribution >= 0.6 is 0 Å². The van der Waals surface area contributed by atoms with Gasteiger partial charge in [-0.2, -0.15) is 5.10 Å². The Balaban J connectivity index is 1.56. The monoisotopic (exact) mass is 403 g/mol. The van der Waals surface area contributed by atoms with E-state index in [1.807, 2.05) is 37.3 Å². The molecule has 1 aliphatic heterocycles. The summed E-state index contributed by atoms with van der Waals surface area (Å²) in [6.07, 6.45) is 2.10. The Kier molecular flexibility index (Phi) is 5.34. The summed E-state index contributed by atoms with van der Waals surface area (Å²) in [5.41, 5.74) is 8.49. The molecule has 30 heavy (non-hydrogen) atoms.